The fourth-order valence-corrected chi connectivity index (χ4v) is 3.84. The Labute approximate surface area is 161 Å². The average molecular weight is 385 g/mol. The van der Waals surface area contributed by atoms with E-state index < -0.39 is 5.82 Å². The van der Waals surface area contributed by atoms with Crippen LogP contribution in [0.2, 0.25) is 0 Å². The van der Waals surface area contributed by atoms with Gasteiger partial charge in [0.05, 0.1) is 24.5 Å². The topological polar surface area (TPSA) is 65.0 Å². The van der Waals surface area contributed by atoms with E-state index in [1.165, 1.54) is 48.3 Å². The Morgan fingerprint density at radius 2 is 1.85 bits per heavy atom. The molecule has 0 atom stereocenters. The van der Waals surface area contributed by atoms with Gasteiger partial charge < -0.3 is 4.74 Å². The molecule has 5 nitrogen and oxygen atoms in total. The molecule has 0 N–H and O–H groups in total. The van der Waals surface area contributed by atoms with Gasteiger partial charge >= 0.3 is 0 Å². The second-order valence-electron chi connectivity index (χ2n) is 7.22. The third-order valence-electron chi connectivity index (χ3n) is 3.80. The van der Waals surface area contributed by atoms with Crippen LogP contribution in [0.1, 0.15) is 46.7 Å². The highest BCUT2D eigenvalue weighted by Gasteiger charge is 2.22. The van der Waals surface area contributed by atoms with Crippen molar-refractivity contribution in [3.05, 3.63) is 63.9 Å². The van der Waals surface area contributed by atoms with Crippen molar-refractivity contribution >= 4 is 17.1 Å². The van der Waals surface area contributed by atoms with E-state index >= 15 is 0 Å². The number of hydrogen-bond acceptors (Lipinski definition) is 6. The summed E-state index contributed by atoms with van der Waals surface area (Å²) in [7, 11) is 0. The minimum Gasteiger partial charge on any atom is -0.454 e. The van der Waals surface area contributed by atoms with Crippen molar-refractivity contribution in [1.29, 1.82) is 0 Å². The van der Waals surface area contributed by atoms with Crippen LogP contribution in [0.4, 0.5) is 4.39 Å². The van der Waals surface area contributed by atoms with Gasteiger partial charge in [0.15, 0.2) is 11.5 Å². The molecule has 0 aliphatic heterocycles. The first-order chi connectivity index (χ1) is 12.7. The molecule has 3 rings (SSSR count). The van der Waals surface area contributed by atoms with Gasteiger partial charge in [-0.3, -0.25) is 4.79 Å². The Morgan fingerprint density at radius 1 is 1.15 bits per heavy atom. The molecule has 0 spiro atoms. The van der Waals surface area contributed by atoms with E-state index in [9.17, 15) is 9.18 Å². The molecule has 0 aliphatic rings. The first-order valence-electron chi connectivity index (χ1n) is 8.46. The number of halogens is 1. The van der Waals surface area contributed by atoms with Crippen LogP contribution >= 0.6 is 11.3 Å². The van der Waals surface area contributed by atoms with Crippen molar-refractivity contribution in [3.63, 3.8) is 0 Å². The Bertz CT molecular complexity index is 965. The molecule has 27 heavy (non-hydrogen) atoms. The predicted octanol–water partition coefficient (Wildman–Crippen LogP) is 4.90. The number of thiazole rings is 1. The monoisotopic (exact) mass is 385 g/mol. The number of rotatable bonds is 5. The van der Waals surface area contributed by atoms with Crippen molar-refractivity contribution in [2.75, 3.05) is 0 Å². The predicted molar refractivity (Wildman–Crippen MR) is 102 cm³/mol. The Morgan fingerprint density at radius 3 is 2.48 bits per heavy atom. The lowest BCUT2D eigenvalue weighted by Gasteiger charge is -2.16. The Balaban J connectivity index is 1.81. The largest absolute Gasteiger partial charge is 0.454 e. The number of nitrogens with zero attached hydrogens (tertiary/aromatic N) is 3. The molecule has 0 saturated carbocycles. The van der Waals surface area contributed by atoms with Gasteiger partial charge in [0, 0.05) is 16.5 Å². The minimum atomic E-state index is -0.543. The van der Waals surface area contributed by atoms with Crippen LogP contribution in [0.15, 0.2) is 36.9 Å². The average Bonchev–Trinajstić information content (AvgIpc) is 2.96. The zero-order valence-electron chi connectivity index (χ0n) is 15.6. The Kier molecular flexibility index (Phi) is 5.32. The van der Waals surface area contributed by atoms with E-state index in [4.69, 9.17) is 4.74 Å². The molecule has 0 radical (unpaired) electrons. The molecule has 0 fully saturated rings. The summed E-state index contributed by atoms with van der Waals surface area (Å²) in [6.07, 6.45) is 4.42. The summed E-state index contributed by atoms with van der Waals surface area (Å²) in [5.74, 6) is -0.165. The normalized spacial score (nSPS) is 11.4. The highest BCUT2D eigenvalue weighted by Crippen LogP contribution is 2.32. The summed E-state index contributed by atoms with van der Waals surface area (Å²) >= 11 is 1.53. The number of aryl methyl sites for hydroxylation is 1. The lowest BCUT2D eigenvalue weighted by Crippen LogP contribution is -2.10. The van der Waals surface area contributed by atoms with Crippen LogP contribution in [0, 0.1) is 12.7 Å². The first kappa shape index (κ1) is 19.1. The summed E-state index contributed by atoms with van der Waals surface area (Å²) in [6, 6.07) is 3.94. The van der Waals surface area contributed by atoms with Crippen LogP contribution in [-0.2, 0) is 11.8 Å². The summed E-state index contributed by atoms with van der Waals surface area (Å²) in [4.78, 5) is 26.0. The minimum absolute atomic E-state index is 0.0271. The van der Waals surface area contributed by atoms with Crippen LogP contribution in [0.3, 0.4) is 0 Å². The summed E-state index contributed by atoms with van der Waals surface area (Å²) in [6.45, 7) is 8.29. The lowest BCUT2D eigenvalue weighted by molar-refractivity contribution is 0.0992. The maximum absolute atomic E-state index is 14.0. The van der Waals surface area contributed by atoms with Gasteiger partial charge in [-0.15, -0.1) is 11.3 Å². The SMILES string of the molecule is Cc1nc(CC(=O)c2cc(F)cc(Oc3cncnc3)c2)sc1C(C)(C)C. The molecule has 2 heterocycles. The van der Waals surface area contributed by atoms with Gasteiger partial charge in [0.2, 0.25) is 0 Å². The summed E-state index contributed by atoms with van der Waals surface area (Å²) in [5, 5.41) is 0.727. The zero-order valence-corrected chi connectivity index (χ0v) is 16.4. The molecule has 0 saturated heterocycles. The number of carbonyl (C=O) groups excluding carboxylic acids is 1. The van der Waals surface area contributed by atoms with Crippen LogP contribution < -0.4 is 4.74 Å². The number of ether oxygens (including phenoxy) is 1. The molecular weight excluding hydrogens is 365 g/mol. The number of Topliss-reactive ketones (excluding diaryl/α,β-unsaturated/α-hetero) is 1. The van der Waals surface area contributed by atoms with Gasteiger partial charge in [0.1, 0.15) is 22.9 Å². The van der Waals surface area contributed by atoms with E-state index in [0.29, 0.717) is 5.75 Å². The molecule has 3 aromatic rings. The molecule has 2 aromatic heterocycles. The van der Waals surface area contributed by atoms with Crippen LogP contribution in [0.5, 0.6) is 11.5 Å². The first-order valence-corrected chi connectivity index (χ1v) is 9.27. The highest BCUT2D eigenvalue weighted by molar-refractivity contribution is 7.12. The zero-order chi connectivity index (χ0) is 19.6. The van der Waals surface area contributed by atoms with Crippen LogP contribution in [-0.4, -0.2) is 20.7 Å². The lowest BCUT2D eigenvalue weighted by atomic mass is 9.93. The third kappa shape index (κ3) is 4.74. The van der Waals surface area contributed by atoms with Crippen LogP contribution in [0.25, 0.3) is 0 Å². The number of ketones is 1. The molecule has 0 unspecified atom stereocenters. The van der Waals surface area contributed by atoms with Gasteiger partial charge in [-0.05, 0) is 24.5 Å². The molecule has 0 amide bonds. The quantitative estimate of drug-likeness (QED) is 0.585. The smallest absolute Gasteiger partial charge is 0.169 e. The Hall–Kier alpha value is -2.67. The third-order valence-corrected chi connectivity index (χ3v) is 5.38. The van der Waals surface area contributed by atoms with E-state index in [1.807, 2.05) is 6.92 Å². The molecule has 140 valence electrons. The van der Waals surface area contributed by atoms with E-state index in [-0.39, 0.29) is 28.9 Å². The van der Waals surface area contributed by atoms with E-state index in [0.717, 1.165) is 15.6 Å². The highest BCUT2D eigenvalue weighted by atomic mass is 32.1. The number of hydrogen-bond donors (Lipinski definition) is 0. The maximum atomic E-state index is 14.0. The van der Waals surface area contributed by atoms with Crippen molar-refractivity contribution in [2.45, 2.75) is 39.5 Å². The molecule has 7 heteroatoms. The summed E-state index contributed by atoms with van der Waals surface area (Å²) in [5.41, 5.74) is 1.15. The van der Waals surface area contributed by atoms with Crippen molar-refractivity contribution < 1.29 is 13.9 Å². The fourth-order valence-electron chi connectivity index (χ4n) is 2.72. The van der Waals surface area contributed by atoms with Crippen molar-refractivity contribution in [2.24, 2.45) is 0 Å². The van der Waals surface area contributed by atoms with Gasteiger partial charge in [-0.25, -0.2) is 19.3 Å². The fraction of sp³-hybridized carbons (Fsp3) is 0.300. The molecule has 1 aromatic carbocycles. The van der Waals surface area contributed by atoms with Crippen molar-refractivity contribution in [1.82, 2.24) is 15.0 Å². The van der Waals surface area contributed by atoms with Gasteiger partial charge in [0.25, 0.3) is 0 Å². The summed E-state index contributed by atoms with van der Waals surface area (Å²) < 4.78 is 19.5. The maximum Gasteiger partial charge on any atom is 0.169 e. The second-order valence-corrected chi connectivity index (χ2v) is 8.31. The van der Waals surface area contributed by atoms with Gasteiger partial charge in [-0.1, -0.05) is 20.8 Å². The molecule has 0 bridgehead atoms. The number of carbonyl (C=O) groups is 1. The number of benzene rings is 1. The van der Waals surface area contributed by atoms with E-state index in [2.05, 4.69) is 35.7 Å². The van der Waals surface area contributed by atoms with E-state index in [1.54, 1.807) is 0 Å². The standard InChI is InChI=1S/C20H20FN3O2S/c1-12-19(20(2,3)4)27-18(24-12)8-17(25)13-5-14(21)7-15(6-13)26-16-9-22-11-23-10-16/h5-7,9-11H,8H2,1-4H3. The number of aromatic nitrogens is 3. The van der Waals surface area contributed by atoms with Gasteiger partial charge in [-0.2, -0.15) is 0 Å². The second kappa shape index (κ2) is 7.52. The molecule has 0 aliphatic carbocycles. The van der Waals surface area contributed by atoms with Crippen molar-refractivity contribution in [3.8, 4) is 11.5 Å². The molecular formula is C20H20FN3O2S.